The van der Waals surface area contributed by atoms with E-state index in [1.165, 1.54) is 18.4 Å². The molecule has 7 nitrogen and oxygen atoms in total. The van der Waals surface area contributed by atoms with Gasteiger partial charge in [0, 0.05) is 14.9 Å². The molecule has 0 radical (unpaired) electrons. The van der Waals surface area contributed by atoms with Crippen molar-refractivity contribution in [1.82, 2.24) is 0 Å². The van der Waals surface area contributed by atoms with E-state index in [1.54, 1.807) is 30.2 Å². The van der Waals surface area contributed by atoms with Crippen LogP contribution in [0, 0.1) is 26.7 Å². The SMILES string of the molecule is COC(=O)c1c(N2C(=O)C3ON(c4ccccc4C)C(c4ccc(Cl)cc4Cl)C3C2=O)sc(C)c1C. The Morgan fingerprint density at radius 2 is 1.78 bits per heavy atom. The number of anilines is 2. The monoisotopic (exact) mass is 544 g/mol. The first kappa shape index (κ1) is 24.8. The molecule has 3 unspecified atom stereocenters. The van der Waals surface area contributed by atoms with Crippen molar-refractivity contribution >= 4 is 63.0 Å². The van der Waals surface area contributed by atoms with Crippen LogP contribution in [0.3, 0.4) is 0 Å². The summed E-state index contributed by atoms with van der Waals surface area (Å²) in [4.78, 5) is 48.4. The molecular weight excluding hydrogens is 523 g/mol. The number of rotatable bonds is 4. The predicted octanol–water partition coefficient (Wildman–Crippen LogP) is 5.82. The zero-order valence-corrected chi connectivity index (χ0v) is 22.2. The van der Waals surface area contributed by atoms with Crippen molar-refractivity contribution in [2.24, 2.45) is 5.92 Å². The molecule has 3 heterocycles. The highest BCUT2D eigenvalue weighted by molar-refractivity contribution is 7.17. The molecule has 0 saturated carbocycles. The van der Waals surface area contributed by atoms with E-state index in [0.717, 1.165) is 15.3 Å². The molecule has 2 aromatic carbocycles. The summed E-state index contributed by atoms with van der Waals surface area (Å²) in [6.45, 7) is 5.51. The van der Waals surface area contributed by atoms with Gasteiger partial charge in [0.15, 0.2) is 6.10 Å². The van der Waals surface area contributed by atoms with Gasteiger partial charge in [0.1, 0.15) is 10.9 Å². The van der Waals surface area contributed by atoms with Gasteiger partial charge in [-0.15, -0.1) is 11.3 Å². The number of thiophene rings is 1. The van der Waals surface area contributed by atoms with Crippen LogP contribution < -0.4 is 9.96 Å². The standard InChI is InChI=1S/C26H22Cl2N2O5S/c1-12-7-5-6-8-18(12)30-21(16-10-9-15(27)11-17(16)28)20-22(35-30)24(32)29(23(20)31)25-19(26(33)34-4)13(2)14(3)36-25/h5-11,20-22H,1-4H3. The first-order valence-electron chi connectivity index (χ1n) is 11.2. The van der Waals surface area contributed by atoms with Gasteiger partial charge in [-0.25, -0.2) is 14.8 Å². The highest BCUT2D eigenvalue weighted by atomic mass is 35.5. The number of halogens is 2. The maximum Gasteiger partial charge on any atom is 0.341 e. The number of benzene rings is 2. The molecule has 1 aromatic heterocycles. The molecule has 2 amide bonds. The number of aryl methyl sites for hydroxylation is 2. The minimum Gasteiger partial charge on any atom is -0.465 e. The average molecular weight is 545 g/mol. The van der Waals surface area contributed by atoms with Gasteiger partial charge in [0.2, 0.25) is 5.91 Å². The van der Waals surface area contributed by atoms with E-state index in [0.29, 0.717) is 26.9 Å². The van der Waals surface area contributed by atoms with E-state index in [2.05, 4.69) is 0 Å². The van der Waals surface area contributed by atoms with Crippen molar-refractivity contribution in [3.63, 3.8) is 0 Å². The quantitative estimate of drug-likeness (QED) is 0.304. The van der Waals surface area contributed by atoms with Crippen molar-refractivity contribution in [2.45, 2.75) is 32.9 Å². The average Bonchev–Trinajstić information content (AvgIpc) is 3.44. The molecule has 2 fully saturated rings. The Bertz CT molecular complexity index is 1420. The van der Waals surface area contributed by atoms with Crippen LogP contribution in [0.2, 0.25) is 10.0 Å². The normalized spacial score (nSPS) is 21.3. The number of hydrogen-bond acceptors (Lipinski definition) is 7. The summed E-state index contributed by atoms with van der Waals surface area (Å²) in [7, 11) is 1.27. The number of carbonyl (C=O) groups is 3. The van der Waals surface area contributed by atoms with Crippen LogP contribution in [0.4, 0.5) is 10.7 Å². The zero-order chi connectivity index (χ0) is 25.9. The number of ether oxygens (including phenoxy) is 1. The lowest BCUT2D eigenvalue weighted by Gasteiger charge is -2.30. The van der Waals surface area contributed by atoms with Crippen LogP contribution in [0.25, 0.3) is 0 Å². The second-order valence-corrected chi connectivity index (χ2v) is 10.8. The summed E-state index contributed by atoms with van der Waals surface area (Å²) in [6, 6.07) is 11.9. The highest BCUT2D eigenvalue weighted by Crippen LogP contribution is 2.51. The number of fused-ring (bicyclic) bond motifs is 1. The third kappa shape index (κ3) is 3.71. The van der Waals surface area contributed by atoms with E-state index in [9.17, 15) is 14.4 Å². The molecule has 2 saturated heterocycles. The summed E-state index contributed by atoms with van der Waals surface area (Å²) < 4.78 is 4.95. The highest BCUT2D eigenvalue weighted by Gasteiger charge is 2.61. The molecule has 10 heteroatoms. The molecule has 0 N–H and O–H groups in total. The van der Waals surface area contributed by atoms with Crippen LogP contribution in [0.5, 0.6) is 0 Å². The lowest BCUT2D eigenvalue weighted by atomic mass is 9.90. The molecule has 0 spiro atoms. The van der Waals surface area contributed by atoms with E-state index >= 15 is 0 Å². The number of methoxy groups -OCH3 is 1. The lowest BCUT2D eigenvalue weighted by Crippen LogP contribution is -2.38. The Morgan fingerprint density at radius 3 is 2.44 bits per heavy atom. The van der Waals surface area contributed by atoms with Crippen molar-refractivity contribution in [1.29, 1.82) is 0 Å². The Morgan fingerprint density at radius 1 is 1.06 bits per heavy atom. The number of hydrogen-bond donors (Lipinski definition) is 0. The number of carbonyl (C=O) groups excluding carboxylic acids is 3. The summed E-state index contributed by atoms with van der Waals surface area (Å²) in [6.07, 6.45) is -1.10. The number of esters is 1. The summed E-state index contributed by atoms with van der Waals surface area (Å²) in [5, 5.41) is 2.64. The summed E-state index contributed by atoms with van der Waals surface area (Å²) in [5.41, 5.74) is 3.10. The van der Waals surface area contributed by atoms with Gasteiger partial charge in [-0.1, -0.05) is 47.5 Å². The van der Waals surface area contributed by atoms with Crippen LogP contribution in [0.15, 0.2) is 42.5 Å². The first-order chi connectivity index (χ1) is 17.1. The third-order valence-corrected chi connectivity index (χ3v) is 8.46. The van der Waals surface area contributed by atoms with Gasteiger partial charge in [-0.3, -0.25) is 14.4 Å². The van der Waals surface area contributed by atoms with Crippen LogP contribution >= 0.6 is 34.5 Å². The van der Waals surface area contributed by atoms with Crippen LogP contribution in [0.1, 0.15) is 38.0 Å². The van der Waals surface area contributed by atoms with Gasteiger partial charge >= 0.3 is 5.97 Å². The molecule has 36 heavy (non-hydrogen) atoms. The van der Waals surface area contributed by atoms with Crippen molar-refractivity contribution < 1.29 is 24.0 Å². The molecule has 0 aliphatic carbocycles. The minimum absolute atomic E-state index is 0.207. The van der Waals surface area contributed by atoms with Crippen molar-refractivity contribution in [2.75, 3.05) is 17.1 Å². The van der Waals surface area contributed by atoms with Crippen LogP contribution in [-0.2, 0) is 19.2 Å². The first-order valence-corrected chi connectivity index (χ1v) is 12.8. The van der Waals surface area contributed by atoms with Gasteiger partial charge in [0.05, 0.1) is 24.4 Å². The zero-order valence-electron chi connectivity index (χ0n) is 19.9. The molecule has 0 bridgehead atoms. The molecule has 186 valence electrons. The van der Waals surface area contributed by atoms with Crippen LogP contribution in [-0.4, -0.2) is 31.0 Å². The molecule has 3 aromatic rings. The second kappa shape index (κ2) is 9.19. The fourth-order valence-corrected chi connectivity index (χ4v) is 6.48. The van der Waals surface area contributed by atoms with E-state index < -0.39 is 35.8 Å². The summed E-state index contributed by atoms with van der Waals surface area (Å²) in [5.74, 6) is -2.51. The molecule has 5 rings (SSSR count). The lowest BCUT2D eigenvalue weighted by molar-refractivity contribution is -0.126. The van der Waals surface area contributed by atoms with E-state index in [4.69, 9.17) is 32.8 Å². The predicted molar refractivity (Wildman–Crippen MR) is 139 cm³/mol. The fourth-order valence-electron chi connectivity index (χ4n) is 4.80. The minimum atomic E-state index is -1.10. The summed E-state index contributed by atoms with van der Waals surface area (Å²) >= 11 is 14.0. The van der Waals surface area contributed by atoms with Gasteiger partial charge in [0.25, 0.3) is 5.91 Å². The van der Waals surface area contributed by atoms with Gasteiger partial charge in [-0.05, 0) is 55.7 Å². The molecule has 2 aliphatic rings. The maximum atomic E-state index is 14.0. The molecular formula is C26H22Cl2N2O5S. The van der Waals surface area contributed by atoms with Gasteiger partial charge < -0.3 is 4.74 Å². The van der Waals surface area contributed by atoms with E-state index in [1.807, 2.05) is 38.1 Å². The Balaban J connectivity index is 1.65. The van der Waals surface area contributed by atoms with E-state index in [-0.39, 0.29) is 10.6 Å². The number of nitrogens with zero attached hydrogens (tertiary/aromatic N) is 2. The number of hydroxylamine groups is 1. The van der Waals surface area contributed by atoms with Crippen molar-refractivity contribution in [3.8, 4) is 0 Å². The maximum absolute atomic E-state index is 14.0. The molecule has 3 atom stereocenters. The molecule has 2 aliphatic heterocycles. The Labute approximate surface area is 222 Å². The topological polar surface area (TPSA) is 76.2 Å². The number of amides is 2. The second-order valence-electron chi connectivity index (χ2n) is 8.74. The number of imide groups is 1. The Kier molecular flexibility index (Phi) is 6.32. The third-order valence-electron chi connectivity index (χ3n) is 6.71. The van der Waals surface area contributed by atoms with Crippen molar-refractivity contribution in [3.05, 3.63) is 79.6 Å². The number of para-hydroxylation sites is 1. The smallest absolute Gasteiger partial charge is 0.341 e. The fraction of sp³-hybridized carbons (Fsp3) is 0.269. The Hall–Kier alpha value is -2.91. The van der Waals surface area contributed by atoms with Gasteiger partial charge in [-0.2, -0.15) is 0 Å². The largest absolute Gasteiger partial charge is 0.465 e.